The quantitative estimate of drug-likeness (QED) is 0.0232. The van der Waals surface area contributed by atoms with Crippen molar-refractivity contribution in [3.63, 3.8) is 0 Å². The lowest BCUT2D eigenvalue weighted by molar-refractivity contribution is -0.161. The van der Waals surface area contributed by atoms with E-state index in [4.69, 9.17) is 24.8 Å². The number of allylic oxidation sites excluding steroid dienone is 12. The van der Waals surface area contributed by atoms with E-state index in [1.807, 2.05) is 18.2 Å². The van der Waals surface area contributed by atoms with Crippen LogP contribution < -0.4 is 5.73 Å². The van der Waals surface area contributed by atoms with Crippen LogP contribution in [-0.4, -0.2) is 59.9 Å². The van der Waals surface area contributed by atoms with E-state index in [9.17, 15) is 23.8 Å². The number of aliphatic carboxylic acids is 1. The Hall–Kier alpha value is -3.08. The predicted molar refractivity (Wildman–Crippen MR) is 235 cm³/mol. The molecule has 0 aromatic rings. The lowest BCUT2D eigenvalue weighted by Crippen LogP contribution is -2.34. The zero-order chi connectivity index (χ0) is 42.8. The smallest absolute Gasteiger partial charge is 0.472 e. The van der Waals surface area contributed by atoms with Crippen molar-refractivity contribution in [2.75, 3.05) is 19.8 Å². The van der Waals surface area contributed by atoms with Crippen LogP contribution >= 0.6 is 7.82 Å². The first-order valence-electron chi connectivity index (χ1n) is 22.0. The Balaban J connectivity index is 4.54. The normalized spacial score (nSPS) is 14.4. The second kappa shape index (κ2) is 40.7. The third-order valence-electron chi connectivity index (χ3n) is 8.93. The lowest BCUT2D eigenvalue weighted by atomic mass is 10.1. The fourth-order valence-corrected chi connectivity index (χ4v) is 6.23. The van der Waals surface area contributed by atoms with Gasteiger partial charge in [0.25, 0.3) is 0 Å². The number of carbonyl (C=O) groups excluding carboxylic acids is 2. The molecule has 0 rings (SSSR count). The molecular formula is C46H78NO10P. The van der Waals surface area contributed by atoms with E-state index in [0.29, 0.717) is 25.7 Å². The molecule has 0 saturated heterocycles. The van der Waals surface area contributed by atoms with E-state index in [1.165, 1.54) is 77.0 Å². The van der Waals surface area contributed by atoms with Gasteiger partial charge in [-0.2, -0.15) is 0 Å². The number of carboxylic acids is 1. The number of nitrogens with two attached hydrogens (primary N) is 1. The Morgan fingerprint density at radius 1 is 0.534 bits per heavy atom. The Kier molecular flexibility index (Phi) is 38.5. The van der Waals surface area contributed by atoms with Crippen LogP contribution in [0.2, 0.25) is 0 Å². The molecule has 0 aromatic heterocycles. The summed E-state index contributed by atoms with van der Waals surface area (Å²) in [5, 5.41) is 8.89. The molecule has 0 aliphatic heterocycles. The Morgan fingerprint density at radius 2 is 0.914 bits per heavy atom. The summed E-state index contributed by atoms with van der Waals surface area (Å²) in [7, 11) is -4.74. The van der Waals surface area contributed by atoms with Crippen molar-refractivity contribution in [2.45, 2.75) is 180 Å². The number of esters is 2. The van der Waals surface area contributed by atoms with Crippen LogP contribution in [0.25, 0.3) is 0 Å². The maximum atomic E-state index is 12.6. The molecule has 0 amide bonds. The van der Waals surface area contributed by atoms with Gasteiger partial charge >= 0.3 is 25.7 Å². The molecule has 0 aliphatic rings. The molecule has 0 radical (unpaired) electrons. The topological polar surface area (TPSA) is 172 Å². The third kappa shape index (κ3) is 39.7. The van der Waals surface area contributed by atoms with E-state index in [2.05, 4.69) is 73.1 Å². The minimum Gasteiger partial charge on any atom is -0.480 e. The SMILES string of the molecule is CCCCCCCC/C=C\C/C=C\C/C=C\CCCC(=O)OC[C@H](COP(=O)(O)OC[C@H](N)C(=O)O)OC(=O)CCC/C=C\C/C=C\C/C=C\CCCCCCCC. The molecule has 3 atom stereocenters. The van der Waals surface area contributed by atoms with Crippen molar-refractivity contribution in [1.82, 2.24) is 0 Å². The number of hydrogen-bond donors (Lipinski definition) is 3. The van der Waals surface area contributed by atoms with Crippen LogP contribution in [0.1, 0.15) is 168 Å². The maximum absolute atomic E-state index is 12.6. The van der Waals surface area contributed by atoms with Gasteiger partial charge in [0, 0.05) is 12.8 Å². The van der Waals surface area contributed by atoms with Crippen molar-refractivity contribution in [1.29, 1.82) is 0 Å². The van der Waals surface area contributed by atoms with Crippen molar-refractivity contribution in [3.8, 4) is 0 Å². The van der Waals surface area contributed by atoms with Gasteiger partial charge in [0.2, 0.25) is 0 Å². The Labute approximate surface area is 350 Å². The molecule has 332 valence electrons. The molecule has 4 N–H and O–H groups in total. The minimum atomic E-state index is -4.74. The van der Waals surface area contributed by atoms with Crippen molar-refractivity contribution < 1.29 is 47.5 Å². The fourth-order valence-electron chi connectivity index (χ4n) is 5.45. The molecular weight excluding hydrogens is 757 g/mol. The molecule has 0 aliphatic carbocycles. The largest absolute Gasteiger partial charge is 0.480 e. The van der Waals surface area contributed by atoms with Gasteiger partial charge in [0.15, 0.2) is 6.10 Å². The van der Waals surface area contributed by atoms with Crippen molar-refractivity contribution >= 4 is 25.7 Å². The zero-order valence-corrected chi connectivity index (χ0v) is 36.8. The molecule has 58 heavy (non-hydrogen) atoms. The van der Waals surface area contributed by atoms with E-state index in [-0.39, 0.29) is 12.8 Å². The van der Waals surface area contributed by atoms with Gasteiger partial charge in [-0.25, -0.2) is 4.57 Å². The maximum Gasteiger partial charge on any atom is 0.472 e. The van der Waals surface area contributed by atoms with Gasteiger partial charge in [-0.15, -0.1) is 0 Å². The molecule has 0 saturated carbocycles. The highest BCUT2D eigenvalue weighted by Gasteiger charge is 2.28. The van der Waals surface area contributed by atoms with Crippen LogP contribution in [0.4, 0.5) is 0 Å². The van der Waals surface area contributed by atoms with Crippen LogP contribution in [0.3, 0.4) is 0 Å². The van der Waals surface area contributed by atoms with Crippen molar-refractivity contribution in [3.05, 3.63) is 72.9 Å². The summed E-state index contributed by atoms with van der Waals surface area (Å²) >= 11 is 0. The average Bonchev–Trinajstić information content (AvgIpc) is 3.20. The average molecular weight is 836 g/mol. The second-order valence-electron chi connectivity index (χ2n) is 14.5. The van der Waals surface area contributed by atoms with Crippen LogP contribution in [-0.2, 0) is 37.5 Å². The molecule has 0 spiro atoms. The number of phosphoric acid groups is 1. The number of unbranched alkanes of at least 4 members (excludes halogenated alkanes) is 14. The standard InChI is InChI=1S/C46H78NO10P/c1-3-5-7-9-11-13-15-17-19-21-23-25-27-29-31-33-35-37-44(48)54-39-42(40-55-58(52,53)56-41-43(47)46(50)51)57-45(49)38-36-34-32-30-28-26-24-22-20-18-16-14-12-10-8-6-4-2/h17-20,23-26,29-32,42-43H,3-16,21-22,27-28,33-41,47H2,1-2H3,(H,50,51)(H,52,53)/b19-17-,20-18-,25-23-,26-24-,31-29-,32-30-/t42-,43+/m1/s1. The van der Waals surface area contributed by atoms with Crippen molar-refractivity contribution in [2.24, 2.45) is 5.73 Å². The number of hydrogen-bond acceptors (Lipinski definition) is 9. The second-order valence-corrected chi connectivity index (χ2v) is 15.9. The molecule has 12 heteroatoms. The number of phosphoric ester groups is 1. The summed E-state index contributed by atoms with van der Waals surface area (Å²) in [6.07, 6.45) is 48.4. The van der Waals surface area contributed by atoms with Gasteiger partial charge in [-0.3, -0.25) is 23.4 Å². The fraction of sp³-hybridized carbons (Fsp3) is 0.674. The third-order valence-corrected chi connectivity index (χ3v) is 9.88. The lowest BCUT2D eigenvalue weighted by Gasteiger charge is -2.20. The van der Waals surface area contributed by atoms with Gasteiger partial charge in [-0.05, 0) is 77.0 Å². The van der Waals surface area contributed by atoms with Gasteiger partial charge in [0.05, 0.1) is 13.2 Å². The molecule has 0 heterocycles. The number of ether oxygens (including phenoxy) is 2. The highest BCUT2D eigenvalue weighted by molar-refractivity contribution is 7.47. The van der Waals surface area contributed by atoms with E-state index in [0.717, 1.165) is 38.5 Å². The highest BCUT2D eigenvalue weighted by Crippen LogP contribution is 2.43. The summed E-state index contributed by atoms with van der Waals surface area (Å²) in [5.41, 5.74) is 5.32. The Bertz CT molecular complexity index is 1260. The first-order valence-corrected chi connectivity index (χ1v) is 23.5. The molecule has 0 fully saturated rings. The summed E-state index contributed by atoms with van der Waals surface area (Å²) in [5.74, 6) is -2.52. The molecule has 0 aromatic carbocycles. The van der Waals surface area contributed by atoms with Crippen LogP contribution in [0.15, 0.2) is 72.9 Å². The molecule has 11 nitrogen and oxygen atoms in total. The number of rotatable bonds is 40. The zero-order valence-electron chi connectivity index (χ0n) is 35.9. The van der Waals surface area contributed by atoms with E-state index < -0.39 is 57.7 Å². The molecule has 1 unspecified atom stereocenters. The van der Waals surface area contributed by atoms with Gasteiger partial charge in [0.1, 0.15) is 12.6 Å². The van der Waals surface area contributed by atoms with E-state index in [1.54, 1.807) is 0 Å². The summed E-state index contributed by atoms with van der Waals surface area (Å²) in [4.78, 5) is 45.9. The predicted octanol–water partition coefficient (Wildman–Crippen LogP) is 11.7. The van der Waals surface area contributed by atoms with Gasteiger partial charge in [-0.1, -0.05) is 151 Å². The number of carboxylic acid groups (broad SMARTS) is 1. The number of carbonyl (C=O) groups is 3. The van der Waals surface area contributed by atoms with Crippen LogP contribution in [0.5, 0.6) is 0 Å². The van der Waals surface area contributed by atoms with Gasteiger partial charge < -0.3 is 25.2 Å². The molecule has 0 bridgehead atoms. The monoisotopic (exact) mass is 836 g/mol. The minimum absolute atomic E-state index is 0.0756. The van der Waals surface area contributed by atoms with E-state index >= 15 is 0 Å². The summed E-state index contributed by atoms with van der Waals surface area (Å²) < 4.78 is 32.6. The summed E-state index contributed by atoms with van der Waals surface area (Å²) in [6, 6.07) is -1.54. The first kappa shape index (κ1) is 54.9. The Morgan fingerprint density at radius 3 is 1.36 bits per heavy atom. The summed E-state index contributed by atoms with van der Waals surface area (Å²) in [6.45, 7) is 2.68. The highest BCUT2D eigenvalue weighted by atomic mass is 31.2. The van der Waals surface area contributed by atoms with Crippen LogP contribution in [0, 0.1) is 0 Å². The first-order chi connectivity index (χ1) is 28.1.